The van der Waals surface area contributed by atoms with E-state index in [-0.39, 0.29) is 42.6 Å². The quantitative estimate of drug-likeness (QED) is 0.360. The van der Waals surface area contributed by atoms with Gasteiger partial charge in [0.25, 0.3) is 0 Å². The molecule has 3 aromatic carbocycles. The second-order valence-corrected chi connectivity index (χ2v) is 7.74. The molecule has 29 heavy (non-hydrogen) atoms. The van der Waals surface area contributed by atoms with Crippen molar-refractivity contribution in [1.82, 2.24) is 0 Å². The Labute approximate surface area is 204 Å². The summed E-state index contributed by atoms with van der Waals surface area (Å²) in [5, 5.41) is 0. The van der Waals surface area contributed by atoms with Gasteiger partial charge in [-0.05, 0) is 0 Å². The van der Waals surface area contributed by atoms with E-state index in [4.69, 9.17) is 0 Å². The third kappa shape index (κ3) is 4.90. The Balaban J connectivity index is 0.00000140. The number of hydrogen-bond acceptors (Lipinski definition) is 0. The molecule has 4 rings (SSSR count). The van der Waals surface area contributed by atoms with Gasteiger partial charge in [0.1, 0.15) is 0 Å². The molecule has 0 atom stereocenters. The molecule has 0 nitrogen and oxygen atoms in total. The first kappa shape index (κ1) is 25.8. The van der Waals surface area contributed by atoms with Crippen molar-refractivity contribution in [2.45, 2.75) is 18.8 Å². The predicted molar refractivity (Wildman–Crippen MR) is 105 cm³/mol. The standard InChI is InChI=1S/C25H21.3ClH.Ti/c1-25(21-14-7-3-8-15-21,22-16-9-4-10-17-22)24-19-11-18-23(24)20-12-5-2-6-13-20;;;;/h2-17H,19H2,1H3;3*1H;/q;;;;+3/p-3. The molecule has 0 N–H and O–H groups in total. The first-order valence-electron chi connectivity index (χ1n) is 9.03. The fourth-order valence-electron chi connectivity index (χ4n) is 4.02. The van der Waals surface area contributed by atoms with Gasteiger partial charge in [-0.2, -0.15) is 0 Å². The van der Waals surface area contributed by atoms with Crippen molar-refractivity contribution in [3.8, 4) is 0 Å². The summed E-state index contributed by atoms with van der Waals surface area (Å²) in [6.07, 6.45) is 3.37. The number of allylic oxidation sites excluding steroid dienone is 4. The molecule has 0 spiro atoms. The normalized spacial score (nSPS) is 13.0. The molecule has 4 heteroatoms. The largest absolute Gasteiger partial charge is 1.00 e. The van der Waals surface area contributed by atoms with Crippen LogP contribution in [0.4, 0.5) is 0 Å². The van der Waals surface area contributed by atoms with Gasteiger partial charge in [-0.3, -0.25) is 0 Å². The average molecular weight is 476 g/mol. The molecule has 0 heterocycles. The molecule has 0 amide bonds. The Morgan fingerprint density at radius 2 is 1.07 bits per heavy atom. The minimum absolute atomic E-state index is 0. The zero-order chi connectivity index (χ0) is 18.0. The molecule has 0 radical (unpaired) electrons. The van der Waals surface area contributed by atoms with E-state index in [1.165, 1.54) is 31.7 Å². The van der Waals surface area contributed by atoms with Crippen molar-refractivity contribution in [2.24, 2.45) is 0 Å². The number of halogens is 3. The van der Waals surface area contributed by atoms with Gasteiger partial charge in [0.05, 0.1) is 0 Å². The molecule has 0 aromatic heterocycles. The smallest absolute Gasteiger partial charge is 1.00 e. The number of rotatable bonds is 4. The summed E-state index contributed by atoms with van der Waals surface area (Å²) in [5.41, 5.74) is 6.74. The summed E-state index contributed by atoms with van der Waals surface area (Å²) in [6.45, 7) is 2.38. The van der Waals surface area contributed by atoms with Crippen LogP contribution in [0.25, 0.3) is 5.57 Å². The van der Waals surface area contributed by atoms with Crippen LogP contribution in [0.2, 0.25) is 0 Å². The molecule has 1 aliphatic rings. The SMILES string of the molecule is CC(C1=C(c2ccccc2)[C]([Ti+3])=CC1)(c1ccccc1)c1ccccc1.[Cl-].[Cl-].[Cl-]. The van der Waals surface area contributed by atoms with Gasteiger partial charge in [-0.15, -0.1) is 0 Å². The third-order valence-electron chi connectivity index (χ3n) is 5.45. The van der Waals surface area contributed by atoms with Crippen LogP contribution in [0.5, 0.6) is 0 Å². The molecule has 0 aliphatic heterocycles. The van der Waals surface area contributed by atoms with E-state index in [0.29, 0.717) is 0 Å². The Bertz CT molecular complexity index is 925. The van der Waals surface area contributed by atoms with Gasteiger partial charge in [0.2, 0.25) is 0 Å². The molecular weight excluding hydrogens is 455 g/mol. The molecule has 0 saturated carbocycles. The van der Waals surface area contributed by atoms with Gasteiger partial charge in [0.15, 0.2) is 0 Å². The van der Waals surface area contributed by atoms with Crippen LogP contribution >= 0.6 is 0 Å². The predicted octanol–water partition coefficient (Wildman–Crippen LogP) is -2.71. The summed E-state index contributed by atoms with van der Waals surface area (Å²) >= 11 is 2.24. The fourth-order valence-corrected chi connectivity index (χ4v) is 4.64. The van der Waals surface area contributed by atoms with Gasteiger partial charge >= 0.3 is 168 Å². The Morgan fingerprint density at radius 1 is 0.655 bits per heavy atom. The van der Waals surface area contributed by atoms with E-state index in [0.717, 1.165) is 6.42 Å². The molecule has 0 fully saturated rings. The first-order chi connectivity index (χ1) is 12.7. The zero-order valence-electron chi connectivity index (χ0n) is 16.1. The van der Waals surface area contributed by atoms with Gasteiger partial charge in [0, 0.05) is 0 Å². The van der Waals surface area contributed by atoms with Gasteiger partial charge < -0.3 is 37.2 Å². The molecule has 0 saturated heterocycles. The van der Waals surface area contributed by atoms with Crippen molar-refractivity contribution >= 4 is 5.57 Å². The maximum absolute atomic E-state index is 2.38. The maximum atomic E-state index is 2.38. The molecular formula is C25H21Cl3Ti. The monoisotopic (exact) mass is 474 g/mol. The number of benzene rings is 3. The average Bonchev–Trinajstić information content (AvgIpc) is 3.11. The molecule has 3 aromatic rings. The van der Waals surface area contributed by atoms with Crippen LogP contribution in [0.1, 0.15) is 30.0 Å². The van der Waals surface area contributed by atoms with Crippen LogP contribution in [0.3, 0.4) is 0 Å². The van der Waals surface area contributed by atoms with E-state index < -0.39 is 0 Å². The van der Waals surface area contributed by atoms with Gasteiger partial charge in [-0.1, -0.05) is 0 Å². The van der Waals surface area contributed by atoms with E-state index in [2.05, 4.69) is 124 Å². The van der Waals surface area contributed by atoms with E-state index in [9.17, 15) is 0 Å². The summed E-state index contributed by atoms with van der Waals surface area (Å²) in [6, 6.07) is 32.6. The Morgan fingerprint density at radius 3 is 1.52 bits per heavy atom. The number of hydrogen-bond donors (Lipinski definition) is 0. The summed E-state index contributed by atoms with van der Waals surface area (Å²) < 4.78 is 1.38. The van der Waals surface area contributed by atoms with Crippen LogP contribution in [-0.2, 0) is 25.9 Å². The zero-order valence-corrected chi connectivity index (χ0v) is 19.9. The summed E-state index contributed by atoms with van der Waals surface area (Å²) in [7, 11) is 0. The van der Waals surface area contributed by atoms with E-state index in [1.807, 2.05) is 0 Å². The van der Waals surface area contributed by atoms with Gasteiger partial charge in [-0.25, -0.2) is 0 Å². The van der Waals surface area contributed by atoms with Crippen LogP contribution in [0, 0.1) is 0 Å². The maximum Gasteiger partial charge on any atom is -1.00 e. The van der Waals surface area contributed by atoms with Crippen LogP contribution in [-0.4, -0.2) is 0 Å². The van der Waals surface area contributed by atoms with Crippen LogP contribution < -0.4 is 37.2 Å². The molecule has 0 unspecified atom stereocenters. The summed E-state index contributed by atoms with van der Waals surface area (Å²) in [4.78, 5) is 0. The summed E-state index contributed by atoms with van der Waals surface area (Å²) in [5.74, 6) is 0. The van der Waals surface area contributed by atoms with Crippen molar-refractivity contribution in [3.05, 3.63) is 123 Å². The minimum atomic E-state index is -0.151. The minimum Gasteiger partial charge on any atom is -1.00 e. The fraction of sp³-hybridized carbons (Fsp3) is 0.120. The van der Waals surface area contributed by atoms with Crippen molar-refractivity contribution < 1.29 is 57.7 Å². The topological polar surface area (TPSA) is 0 Å². The van der Waals surface area contributed by atoms with Crippen LogP contribution in [0.15, 0.2) is 107 Å². The first-order valence-corrected chi connectivity index (χ1v) is 9.81. The van der Waals surface area contributed by atoms with E-state index >= 15 is 0 Å². The van der Waals surface area contributed by atoms with Crippen molar-refractivity contribution in [2.75, 3.05) is 0 Å². The Kier molecular flexibility index (Phi) is 9.95. The molecule has 1 aliphatic carbocycles. The molecule has 0 bridgehead atoms. The van der Waals surface area contributed by atoms with Crippen molar-refractivity contribution in [1.29, 1.82) is 0 Å². The molecule has 146 valence electrons. The second kappa shape index (κ2) is 11.2. The second-order valence-electron chi connectivity index (χ2n) is 6.90. The third-order valence-corrected chi connectivity index (χ3v) is 6.16. The van der Waals surface area contributed by atoms with Crippen molar-refractivity contribution in [3.63, 3.8) is 0 Å². The Hall–Kier alpha value is -1.28. The van der Waals surface area contributed by atoms with E-state index in [1.54, 1.807) is 0 Å².